The van der Waals surface area contributed by atoms with Gasteiger partial charge in [-0.15, -0.1) is 0 Å². The molecule has 1 aromatic carbocycles. The van der Waals surface area contributed by atoms with Crippen LogP contribution in [0.5, 0.6) is 0 Å². The van der Waals surface area contributed by atoms with Gasteiger partial charge in [-0.25, -0.2) is 0 Å². The third kappa shape index (κ3) is 5.54. The van der Waals surface area contributed by atoms with Gasteiger partial charge >= 0.3 is 0 Å². The van der Waals surface area contributed by atoms with Crippen LogP contribution < -0.4 is 5.32 Å². The van der Waals surface area contributed by atoms with Crippen molar-refractivity contribution in [2.75, 3.05) is 31.6 Å². The number of rotatable bonds is 8. The summed E-state index contributed by atoms with van der Waals surface area (Å²) in [5.41, 5.74) is 0.907. The van der Waals surface area contributed by atoms with Crippen LogP contribution in [0.3, 0.4) is 0 Å². The molecule has 0 radical (unpaired) electrons. The van der Waals surface area contributed by atoms with E-state index in [0.29, 0.717) is 11.3 Å². The van der Waals surface area contributed by atoms with Gasteiger partial charge in [0.05, 0.1) is 13.2 Å². The second-order valence-electron chi connectivity index (χ2n) is 4.69. The van der Waals surface area contributed by atoms with Crippen molar-refractivity contribution < 1.29 is 19.8 Å². The van der Waals surface area contributed by atoms with Crippen molar-refractivity contribution in [3.05, 3.63) is 41.6 Å². The van der Waals surface area contributed by atoms with E-state index in [2.05, 4.69) is 5.32 Å². The second kappa shape index (κ2) is 9.35. The molecule has 0 bridgehead atoms. The molecule has 3 N–H and O–H groups in total. The molecule has 0 saturated heterocycles. The number of hydrogen-bond acceptors (Lipinski definition) is 6. The van der Waals surface area contributed by atoms with E-state index >= 15 is 0 Å². The number of nitriles is 1. The van der Waals surface area contributed by atoms with Gasteiger partial charge in [-0.2, -0.15) is 5.26 Å². The number of carbonyl (C=O) groups is 2. The number of aliphatic hydroxyl groups excluding tert-OH is 2. The summed E-state index contributed by atoms with van der Waals surface area (Å²) < 4.78 is 0. The summed E-state index contributed by atoms with van der Waals surface area (Å²) in [6, 6.07) is 8.44. The molecule has 1 amide bonds. The highest BCUT2D eigenvalue weighted by molar-refractivity contribution is 5.98. The van der Waals surface area contributed by atoms with Gasteiger partial charge in [0, 0.05) is 30.5 Å². The monoisotopic (exact) mass is 317 g/mol. The van der Waals surface area contributed by atoms with Gasteiger partial charge in [0.25, 0.3) is 5.91 Å². The van der Waals surface area contributed by atoms with Crippen LogP contribution in [-0.2, 0) is 4.79 Å². The van der Waals surface area contributed by atoms with Crippen LogP contribution in [0.1, 0.15) is 17.3 Å². The van der Waals surface area contributed by atoms with E-state index in [4.69, 9.17) is 15.5 Å². The summed E-state index contributed by atoms with van der Waals surface area (Å²) >= 11 is 0. The minimum atomic E-state index is -0.592. The lowest BCUT2D eigenvalue weighted by molar-refractivity contribution is -0.127. The smallest absolute Gasteiger partial charge is 0.266 e. The van der Waals surface area contributed by atoms with Crippen LogP contribution >= 0.6 is 0 Å². The van der Waals surface area contributed by atoms with E-state index in [9.17, 15) is 9.59 Å². The summed E-state index contributed by atoms with van der Waals surface area (Å²) in [6.45, 7) is 0.967. The minimum absolute atomic E-state index is 0.0260. The van der Waals surface area contributed by atoms with E-state index in [-0.39, 0.29) is 37.7 Å². The molecule has 1 rings (SSSR count). The number of anilines is 1. The Bertz CT molecular complexity index is 628. The molecular formula is C16H19N3O4. The molecule has 7 heteroatoms. The second-order valence-corrected chi connectivity index (χ2v) is 4.69. The topological polar surface area (TPSA) is 114 Å². The predicted octanol–water partition coefficient (Wildman–Crippen LogP) is 0.522. The molecule has 0 saturated carbocycles. The van der Waals surface area contributed by atoms with Crippen LogP contribution in [-0.4, -0.2) is 53.1 Å². The normalized spacial score (nSPS) is 10.8. The van der Waals surface area contributed by atoms with Crippen molar-refractivity contribution in [3.63, 3.8) is 0 Å². The number of hydrogen-bond donors (Lipinski definition) is 3. The molecule has 0 atom stereocenters. The van der Waals surface area contributed by atoms with E-state index in [1.807, 2.05) is 0 Å². The van der Waals surface area contributed by atoms with E-state index < -0.39 is 5.91 Å². The Morgan fingerprint density at radius 3 is 2.48 bits per heavy atom. The standard InChI is InChI=1S/C16H19N3O4/c1-12(22)13-3-2-4-15(9-13)18-11-14(10-17)16(23)19(5-7-20)6-8-21/h2-4,9,11,18,20-21H,5-8H2,1H3/b14-11-. The fraction of sp³-hybridized carbons (Fsp3) is 0.312. The highest BCUT2D eigenvalue weighted by Gasteiger charge is 2.17. The Balaban J connectivity index is 2.90. The number of aliphatic hydroxyl groups is 2. The first-order valence-electron chi connectivity index (χ1n) is 7.02. The third-order valence-electron chi connectivity index (χ3n) is 3.03. The van der Waals surface area contributed by atoms with E-state index in [0.717, 1.165) is 0 Å². The van der Waals surface area contributed by atoms with Gasteiger partial charge in [0.2, 0.25) is 0 Å². The van der Waals surface area contributed by atoms with Gasteiger partial charge in [0.1, 0.15) is 11.6 Å². The molecule has 0 aliphatic carbocycles. The predicted molar refractivity (Wildman–Crippen MR) is 84.5 cm³/mol. The molecule has 0 fully saturated rings. The quantitative estimate of drug-likeness (QED) is 0.366. The number of ketones is 1. The lowest BCUT2D eigenvalue weighted by Gasteiger charge is -2.20. The van der Waals surface area contributed by atoms with Gasteiger partial charge in [0.15, 0.2) is 5.78 Å². The Morgan fingerprint density at radius 2 is 1.96 bits per heavy atom. The number of nitrogens with one attached hydrogen (secondary N) is 1. The van der Waals surface area contributed by atoms with Crippen molar-refractivity contribution in [1.29, 1.82) is 5.26 Å². The van der Waals surface area contributed by atoms with E-state index in [1.54, 1.807) is 30.3 Å². The maximum absolute atomic E-state index is 12.2. The molecule has 23 heavy (non-hydrogen) atoms. The first kappa shape index (κ1) is 18.4. The molecular weight excluding hydrogens is 298 g/mol. The maximum Gasteiger partial charge on any atom is 0.266 e. The first-order valence-corrected chi connectivity index (χ1v) is 7.02. The fourth-order valence-corrected chi connectivity index (χ4v) is 1.85. The van der Waals surface area contributed by atoms with E-state index in [1.165, 1.54) is 18.0 Å². The Hall–Kier alpha value is -2.69. The molecule has 0 heterocycles. The molecule has 1 aromatic rings. The molecule has 0 aromatic heterocycles. The number of Topliss-reactive ketones (excluding diaryl/α,β-unsaturated/α-hetero) is 1. The van der Waals surface area contributed by atoms with Gasteiger partial charge < -0.3 is 20.4 Å². The summed E-state index contributed by atoms with van der Waals surface area (Å²) in [4.78, 5) is 24.7. The number of carbonyl (C=O) groups excluding carboxylic acids is 2. The summed E-state index contributed by atoms with van der Waals surface area (Å²) in [5.74, 6) is -0.683. The van der Waals surface area contributed by atoms with Crippen molar-refractivity contribution in [2.24, 2.45) is 0 Å². The van der Waals surface area contributed by atoms with Crippen molar-refractivity contribution in [1.82, 2.24) is 4.90 Å². The van der Waals surface area contributed by atoms with Crippen molar-refractivity contribution in [3.8, 4) is 6.07 Å². The van der Waals surface area contributed by atoms with Gasteiger partial charge in [-0.3, -0.25) is 9.59 Å². The molecule has 0 aliphatic heterocycles. The number of amides is 1. The lowest BCUT2D eigenvalue weighted by atomic mass is 10.1. The molecule has 0 aliphatic rings. The summed E-state index contributed by atoms with van der Waals surface area (Å²) in [7, 11) is 0. The van der Waals surface area contributed by atoms with Crippen LogP contribution in [0.4, 0.5) is 5.69 Å². The van der Waals surface area contributed by atoms with Crippen LogP contribution in [0, 0.1) is 11.3 Å². The fourth-order valence-electron chi connectivity index (χ4n) is 1.85. The zero-order valence-electron chi connectivity index (χ0n) is 12.8. The molecule has 0 spiro atoms. The highest BCUT2D eigenvalue weighted by Crippen LogP contribution is 2.12. The largest absolute Gasteiger partial charge is 0.395 e. The SMILES string of the molecule is CC(=O)c1cccc(N/C=C(/C#N)C(=O)N(CCO)CCO)c1. The number of benzene rings is 1. The van der Waals surface area contributed by atoms with Crippen molar-refractivity contribution in [2.45, 2.75) is 6.92 Å². The Kier molecular flexibility index (Phi) is 7.47. The zero-order valence-corrected chi connectivity index (χ0v) is 12.8. The van der Waals surface area contributed by atoms with Gasteiger partial charge in [-0.1, -0.05) is 12.1 Å². The van der Waals surface area contributed by atoms with Crippen molar-refractivity contribution >= 4 is 17.4 Å². The zero-order chi connectivity index (χ0) is 17.2. The molecule has 7 nitrogen and oxygen atoms in total. The minimum Gasteiger partial charge on any atom is -0.395 e. The van der Waals surface area contributed by atoms with Crippen LogP contribution in [0.25, 0.3) is 0 Å². The average molecular weight is 317 g/mol. The molecule has 122 valence electrons. The summed E-state index contributed by atoms with van der Waals surface area (Å²) in [5, 5.41) is 29.8. The average Bonchev–Trinajstić information content (AvgIpc) is 2.55. The van der Waals surface area contributed by atoms with Crippen LogP contribution in [0.15, 0.2) is 36.0 Å². The first-order chi connectivity index (χ1) is 11.0. The van der Waals surface area contributed by atoms with Gasteiger partial charge in [-0.05, 0) is 19.1 Å². The maximum atomic E-state index is 12.2. The lowest BCUT2D eigenvalue weighted by Crippen LogP contribution is -2.36. The van der Waals surface area contributed by atoms with Crippen LogP contribution in [0.2, 0.25) is 0 Å². The highest BCUT2D eigenvalue weighted by atomic mass is 16.3. The number of nitrogens with zero attached hydrogens (tertiary/aromatic N) is 2. The Labute approximate surface area is 134 Å². The summed E-state index contributed by atoms with van der Waals surface area (Å²) in [6.07, 6.45) is 1.24. The molecule has 0 unspecified atom stereocenters. The third-order valence-corrected chi connectivity index (χ3v) is 3.03. The Morgan fingerprint density at radius 1 is 1.30 bits per heavy atom.